The summed E-state index contributed by atoms with van der Waals surface area (Å²) in [7, 11) is 0. The van der Waals surface area contributed by atoms with Gasteiger partial charge in [0.1, 0.15) is 11.5 Å². The molecule has 0 aliphatic carbocycles. The van der Waals surface area contributed by atoms with Crippen LogP contribution in [-0.2, 0) is 0 Å². The van der Waals surface area contributed by atoms with Crippen LogP contribution in [0.3, 0.4) is 0 Å². The Bertz CT molecular complexity index is 692. The molecule has 1 aromatic carbocycles. The molecule has 0 bridgehead atoms. The van der Waals surface area contributed by atoms with E-state index >= 15 is 0 Å². The molecule has 0 spiro atoms. The zero-order valence-corrected chi connectivity index (χ0v) is 11.1. The first-order valence-electron chi connectivity index (χ1n) is 6.03. The van der Waals surface area contributed by atoms with Crippen molar-refractivity contribution >= 4 is 17.6 Å². The van der Waals surface area contributed by atoms with E-state index in [1.165, 1.54) is 31.3 Å². The highest BCUT2D eigenvalue weighted by molar-refractivity contribution is 6.00. The average Bonchev–Trinajstić information content (AvgIpc) is 2.95. The second-order valence-corrected chi connectivity index (χ2v) is 4.27. The third-order valence-corrected chi connectivity index (χ3v) is 2.73. The summed E-state index contributed by atoms with van der Waals surface area (Å²) in [6.07, 6.45) is 1.40. The number of hydrazine groups is 1. The summed E-state index contributed by atoms with van der Waals surface area (Å²) in [5, 5.41) is 0. The monoisotopic (exact) mass is 289 g/mol. The van der Waals surface area contributed by atoms with Gasteiger partial charge in [0.05, 0.1) is 0 Å². The van der Waals surface area contributed by atoms with E-state index in [0.29, 0.717) is 5.56 Å². The van der Waals surface area contributed by atoms with Crippen molar-refractivity contribution in [3.8, 4) is 0 Å². The number of halogens is 1. The standard InChI is InChI=1S/C14H12FN3O3/c1-8(19)10-6-12(16-7-10)14(21)18-17-13(20)9-2-4-11(15)5-3-9/h2-7,16H,1H3,(H,17,20)(H,18,21). The molecular weight excluding hydrogens is 277 g/mol. The summed E-state index contributed by atoms with van der Waals surface area (Å²) in [6, 6.07) is 6.24. The first kappa shape index (κ1) is 14.4. The second-order valence-electron chi connectivity index (χ2n) is 4.27. The van der Waals surface area contributed by atoms with Gasteiger partial charge >= 0.3 is 0 Å². The number of rotatable bonds is 3. The molecule has 21 heavy (non-hydrogen) atoms. The number of carbonyl (C=O) groups is 3. The van der Waals surface area contributed by atoms with E-state index in [1.54, 1.807) is 0 Å². The Kier molecular flexibility index (Phi) is 4.13. The molecule has 2 rings (SSSR count). The molecule has 6 nitrogen and oxygen atoms in total. The summed E-state index contributed by atoms with van der Waals surface area (Å²) < 4.78 is 12.7. The van der Waals surface area contributed by atoms with Gasteiger partial charge in [-0.05, 0) is 37.3 Å². The number of amides is 2. The SMILES string of the molecule is CC(=O)c1c[nH]c(C(=O)NNC(=O)c2ccc(F)cc2)c1. The maximum Gasteiger partial charge on any atom is 0.286 e. The Morgan fingerprint density at radius 3 is 2.19 bits per heavy atom. The first-order chi connectivity index (χ1) is 9.97. The van der Waals surface area contributed by atoms with Crippen LogP contribution >= 0.6 is 0 Å². The van der Waals surface area contributed by atoms with Gasteiger partial charge < -0.3 is 4.98 Å². The third kappa shape index (κ3) is 3.53. The number of aromatic amines is 1. The van der Waals surface area contributed by atoms with Crippen molar-refractivity contribution in [3.63, 3.8) is 0 Å². The second kappa shape index (κ2) is 6.00. The van der Waals surface area contributed by atoms with E-state index in [2.05, 4.69) is 15.8 Å². The Labute approximate surface area is 119 Å². The molecule has 7 heteroatoms. The summed E-state index contributed by atoms with van der Waals surface area (Å²) in [5.74, 6) is -1.82. The van der Waals surface area contributed by atoms with Gasteiger partial charge in [0.25, 0.3) is 11.8 Å². The maximum atomic E-state index is 12.7. The van der Waals surface area contributed by atoms with Crippen molar-refractivity contribution in [2.45, 2.75) is 6.92 Å². The quantitative estimate of drug-likeness (QED) is 0.589. The fourth-order valence-electron chi connectivity index (χ4n) is 1.58. The van der Waals surface area contributed by atoms with Crippen molar-refractivity contribution in [2.75, 3.05) is 0 Å². The molecule has 0 unspecified atom stereocenters. The topological polar surface area (TPSA) is 91.1 Å². The Balaban J connectivity index is 1.95. The van der Waals surface area contributed by atoms with Gasteiger partial charge in [-0.25, -0.2) is 4.39 Å². The van der Waals surface area contributed by atoms with E-state index in [1.807, 2.05) is 0 Å². The molecule has 0 radical (unpaired) electrons. The van der Waals surface area contributed by atoms with Gasteiger partial charge in [-0.15, -0.1) is 0 Å². The Morgan fingerprint density at radius 1 is 1.00 bits per heavy atom. The van der Waals surface area contributed by atoms with E-state index in [9.17, 15) is 18.8 Å². The fraction of sp³-hybridized carbons (Fsp3) is 0.0714. The summed E-state index contributed by atoms with van der Waals surface area (Å²) in [5.41, 5.74) is 5.08. The van der Waals surface area contributed by atoms with Crippen LogP contribution in [0.2, 0.25) is 0 Å². The van der Waals surface area contributed by atoms with Crippen LogP contribution in [-0.4, -0.2) is 22.6 Å². The van der Waals surface area contributed by atoms with Crippen LogP contribution in [0.4, 0.5) is 4.39 Å². The number of hydrogen-bond acceptors (Lipinski definition) is 3. The average molecular weight is 289 g/mol. The summed E-state index contributed by atoms with van der Waals surface area (Å²) in [6.45, 7) is 1.38. The molecule has 2 amide bonds. The van der Waals surface area contributed by atoms with Crippen molar-refractivity contribution in [2.24, 2.45) is 0 Å². The predicted molar refractivity (Wildman–Crippen MR) is 72.1 cm³/mol. The summed E-state index contributed by atoms with van der Waals surface area (Å²) in [4.78, 5) is 37.2. The minimum absolute atomic E-state index is 0.139. The zero-order chi connectivity index (χ0) is 15.4. The zero-order valence-electron chi connectivity index (χ0n) is 11.1. The van der Waals surface area contributed by atoms with Crippen LogP contribution in [0.15, 0.2) is 36.5 Å². The van der Waals surface area contributed by atoms with Gasteiger partial charge in [0, 0.05) is 17.3 Å². The van der Waals surface area contributed by atoms with Gasteiger partial charge in [-0.1, -0.05) is 0 Å². The molecule has 0 atom stereocenters. The number of Topliss-reactive ketones (excluding diaryl/α,β-unsaturated/α-hetero) is 1. The lowest BCUT2D eigenvalue weighted by molar-refractivity contribution is 0.0844. The summed E-state index contributed by atoms with van der Waals surface area (Å²) >= 11 is 0. The minimum Gasteiger partial charge on any atom is -0.356 e. The van der Waals surface area contributed by atoms with Crippen molar-refractivity contribution in [1.82, 2.24) is 15.8 Å². The Morgan fingerprint density at radius 2 is 1.62 bits per heavy atom. The van der Waals surface area contributed by atoms with Crippen LogP contribution in [0, 0.1) is 5.82 Å². The van der Waals surface area contributed by atoms with E-state index in [-0.39, 0.29) is 17.0 Å². The molecule has 1 aromatic heterocycles. The smallest absolute Gasteiger partial charge is 0.286 e. The molecule has 3 N–H and O–H groups in total. The number of hydrogen-bond donors (Lipinski definition) is 3. The Hall–Kier alpha value is -2.96. The lowest BCUT2D eigenvalue weighted by atomic mass is 10.2. The van der Waals surface area contributed by atoms with Crippen molar-refractivity contribution in [3.05, 3.63) is 59.2 Å². The molecule has 0 saturated carbocycles. The largest absolute Gasteiger partial charge is 0.356 e. The van der Waals surface area contributed by atoms with Gasteiger partial charge in [0.2, 0.25) is 0 Å². The van der Waals surface area contributed by atoms with E-state index in [4.69, 9.17) is 0 Å². The van der Waals surface area contributed by atoms with Crippen LogP contribution in [0.25, 0.3) is 0 Å². The van der Waals surface area contributed by atoms with E-state index < -0.39 is 17.6 Å². The molecule has 0 saturated heterocycles. The highest BCUT2D eigenvalue weighted by Crippen LogP contribution is 2.04. The number of carbonyl (C=O) groups excluding carboxylic acids is 3. The number of H-pyrrole nitrogens is 1. The number of benzene rings is 1. The third-order valence-electron chi connectivity index (χ3n) is 2.73. The van der Waals surface area contributed by atoms with Crippen molar-refractivity contribution < 1.29 is 18.8 Å². The van der Waals surface area contributed by atoms with Crippen LogP contribution in [0.5, 0.6) is 0 Å². The molecule has 0 aliphatic rings. The molecule has 108 valence electrons. The van der Waals surface area contributed by atoms with Gasteiger partial charge in [0.15, 0.2) is 5.78 Å². The van der Waals surface area contributed by atoms with Crippen LogP contribution in [0.1, 0.15) is 38.1 Å². The number of aromatic nitrogens is 1. The lowest BCUT2D eigenvalue weighted by Crippen LogP contribution is -2.41. The van der Waals surface area contributed by atoms with Gasteiger partial charge in [-0.2, -0.15) is 0 Å². The predicted octanol–water partition coefficient (Wildman–Crippen LogP) is 1.43. The van der Waals surface area contributed by atoms with E-state index in [0.717, 1.165) is 12.1 Å². The molecular formula is C14H12FN3O3. The molecule has 0 fully saturated rings. The first-order valence-corrected chi connectivity index (χ1v) is 6.03. The number of nitrogens with one attached hydrogen (secondary N) is 3. The van der Waals surface area contributed by atoms with Crippen molar-refractivity contribution in [1.29, 1.82) is 0 Å². The molecule has 0 aliphatic heterocycles. The molecule has 1 heterocycles. The highest BCUT2D eigenvalue weighted by atomic mass is 19.1. The van der Waals surface area contributed by atoms with Crippen LogP contribution < -0.4 is 10.9 Å². The normalized spacial score (nSPS) is 10.0. The van der Waals surface area contributed by atoms with Gasteiger partial charge in [-0.3, -0.25) is 25.2 Å². The molecule has 2 aromatic rings. The fourth-order valence-corrected chi connectivity index (χ4v) is 1.58. The minimum atomic E-state index is -0.599. The number of ketones is 1. The lowest BCUT2D eigenvalue weighted by Gasteiger charge is -2.06. The maximum absolute atomic E-state index is 12.7. The highest BCUT2D eigenvalue weighted by Gasteiger charge is 2.12.